The molecule has 2 rings (SSSR count). The van der Waals surface area contributed by atoms with Gasteiger partial charge in [-0.3, -0.25) is 4.90 Å². The highest BCUT2D eigenvalue weighted by Crippen LogP contribution is 2.26. The molecule has 2 heteroatoms. The average molecular weight is 194 g/mol. The van der Waals surface area contributed by atoms with Crippen molar-refractivity contribution in [1.29, 1.82) is 0 Å². The normalized spacial score (nSPS) is 39.1. The molecule has 14 heavy (non-hydrogen) atoms. The van der Waals surface area contributed by atoms with Crippen molar-refractivity contribution in [3.05, 3.63) is 11.6 Å². The number of nitrogens with zero attached hydrogens (tertiary/aromatic N) is 1. The van der Waals surface area contributed by atoms with Gasteiger partial charge in [-0.1, -0.05) is 18.6 Å². The van der Waals surface area contributed by atoms with Gasteiger partial charge in [-0.25, -0.2) is 0 Å². The number of hydrogen-bond donors (Lipinski definition) is 1. The molecule has 1 aliphatic carbocycles. The Labute approximate surface area is 87.2 Å². The second kappa shape index (κ2) is 4.03. The van der Waals surface area contributed by atoms with E-state index in [9.17, 15) is 0 Å². The van der Waals surface area contributed by atoms with E-state index in [-0.39, 0.29) is 0 Å². The fourth-order valence-electron chi connectivity index (χ4n) is 2.61. The lowest BCUT2D eigenvalue weighted by Crippen LogP contribution is -2.31. The van der Waals surface area contributed by atoms with Crippen molar-refractivity contribution in [3.8, 4) is 0 Å². The van der Waals surface area contributed by atoms with Crippen molar-refractivity contribution >= 4 is 0 Å². The minimum atomic E-state index is 0.403. The van der Waals surface area contributed by atoms with Crippen LogP contribution in [0, 0.1) is 5.92 Å². The topological polar surface area (TPSA) is 29.3 Å². The first kappa shape index (κ1) is 10.2. The number of nitrogens with two attached hydrogens (primary N) is 1. The van der Waals surface area contributed by atoms with Crippen LogP contribution in [0.25, 0.3) is 0 Å². The molecule has 3 atom stereocenters. The molecular weight excluding hydrogens is 172 g/mol. The smallest absolute Gasteiger partial charge is 0.0196 e. The van der Waals surface area contributed by atoms with Crippen molar-refractivity contribution in [1.82, 2.24) is 4.90 Å². The van der Waals surface area contributed by atoms with Gasteiger partial charge in [0.15, 0.2) is 0 Å². The van der Waals surface area contributed by atoms with E-state index in [1.54, 1.807) is 5.57 Å². The monoisotopic (exact) mass is 194 g/mol. The van der Waals surface area contributed by atoms with Crippen LogP contribution in [0.1, 0.15) is 33.1 Å². The van der Waals surface area contributed by atoms with E-state index in [4.69, 9.17) is 5.73 Å². The molecule has 1 heterocycles. The predicted octanol–water partition coefficient (Wildman–Crippen LogP) is 1.76. The summed E-state index contributed by atoms with van der Waals surface area (Å²) in [5, 5.41) is 0. The molecular formula is C12H22N2. The van der Waals surface area contributed by atoms with Gasteiger partial charge in [0.05, 0.1) is 0 Å². The maximum absolute atomic E-state index is 5.89. The molecule has 80 valence electrons. The molecule has 2 aliphatic rings. The van der Waals surface area contributed by atoms with Gasteiger partial charge in [0.1, 0.15) is 0 Å². The first-order valence-corrected chi connectivity index (χ1v) is 5.84. The highest BCUT2D eigenvalue weighted by atomic mass is 15.2. The molecule has 0 spiro atoms. The zero-order valence-corrected chi connectivity index (χ0v) is 9.37. The first-order valence-electron chi connectivity index (χ1n) is 5.84. The van der Waals surface area contributed by atoms with Crippen LogP contribution in [0.5, 0.6) is 0 Å². The molecule has 0 saturated carbocycles. The van der Waals surface area contributed by atoms with Crippen LogP contribution in [-0.4, -0.2) is 30.1 Å². The third-order valence-corrected chi connectivity index (χ3v) is 3.91. The van der Waals surface area contributed by atoms with Gasteiger partial charge in [-0.15, -0.1) is 0 Å². The van der Waals surface area contributed by atoms with E-state index >= 15 is 0 Å². The van der Waals surface area contributed by atoms with Gasteiger partial charge in [0.2, 0.25) is 0 Å². The molecule has 2 N–H and O–H groups in total. The summed E-state index contributed by atoms with van der Waals surface area (Å²) in [6.45, 7) is 7.15. The van der Waals surface area contributed by atoms with E-state index in [0.29, 0.717) is 6.04 Å². The Balaban J connectivity index is 1.86. The molecule has 3 unspecified atom stereocenters. The molecule has 0 bridgehead atoms. The fourth-order valence-corrected chi connectivity index (χ4v) is 2.61. The van der Waals surface area contributed by atoms with Gasteiger partial charge in [-0.2, -0.15) is 0 Å². The molecule has 0 radical (unpaired) electrons. The standard InChI is InChI=1S/C12H22N2/c1-9-5-6-14(10(9)2)8-11-3-4-12(13)7-11/h3,9-10,12H,4-8,13H2,1-2H3. The molecule has 0 aromatic rings. The van der Waals surface area contributed by atoms with Gasteiger partial charge in [0, 0.05) is 18.6 Å². The summed E-state index contributed by atoms with van der Waals surface area (Å²) >= 11 is 0. The average Bonchev–Trinajstić information content (AvgIpc) is 2.67. The van der Waals surface area contributed by atoms with Crippen LogP contribution in [0.15, 0.2) is 11.6 Å². The summed E-state index contributed by atoms with van der Waals surface area (Å²) < 4.78 is 0. The molecule has 0 aromatic carbocycles. The maximum atomic E-state index is 5.89. The van der Waals surface area contributed by atoms with Crippen LogP contribution in [0.4, 0.5) is 0 Å². The maximum Gasteiger partial charge on any atom is 0.0196 e. The largest absolute Gasteiger partial charge is 0.327 e. The van der Waals surface area contributed by atoms with E-state index < -0.39 is 0 Å². The van der Waals surface area contributed by atoms with E-state index in [1.807, 2.05) is 0 Å². The van der Waals surface area contributed by atoms with E-state index in [0.717, 1.165) is 24.8 Å². The third kappa shape index (κ3) is 2.01. The minimum absolute atomic E-state index is 0.403. The molecule has 1 saturated heterocycles. The Morgan fingerprint density at radius 3 is 2.79 bits per heavy atom. The lowest BCUT2D eigenvalue weighted by molar-refractivity contribution is 0.265. The second-order valence-electron chi connectivity index (χ2n) is 5.04. The lowest BCUT2D eigenvalue weighted by Gasteiger charge is -2.23. The van der Waals surface area contributed by atoms with Crippen LogP contribution in [0.2, 0.25) is 0 Å². The number of hydrogen-bond acceptors (Lipinski definition) is 2. The van der Waals surface area contributed by atoms with Crippen molar-refractivity contribution in [2.24, 2.45) is 11.7 Å². The Kier molecular flexibility index (Phi) is 2.93. The summed E-state index contributed by atoms with van der Waals surface area (Å²) in [6, 6.07) is 1.16. The lowest BCUT2D eigenvalue weighted by atomic mass is 10.0. The first-order chi connectivity index (χ1) is 6.66. The third-order valence-electron chi connectivity index (χ3n) is 3.91. The summed E-state index contributed by atoms with van der Waals surface area (Å²) in [5.41, 5.74) is 7.46. The molecule has 2 nitrogen and oxygen atoms in total. The zero-order valence-electron chi connectivity index (χ0n) is 9.37. The van der Waals surface area contributed by atoms with Gasteiger partial charge < -0.3 is 5.73 Å². The van der Waals surface area contributed by atoms with Crippen LogP contribution >= 0.6 is 0 Å². The molecule has 0 amide bonds. The Morgan fingerprint density at radius 1 is 1.50 bits per heavy atom. The zero-order chi connectivity index (χ0) is 10.1. The Hall–Kier alpha value is -0.340. The Morgan fingerprint density at radius 2 is 2.29 bits per heavy atom. The second-order valence-corrected chi connectivity index (χ2v) is 5.04. The fraction of sp³-hybridized carbons (Fsp3) is 0.833. The van der Waals surface area contributed by atoms with Crippen molar-refractivity contribution in [2.45, 2.75) is 45.2 Å². The SMILES string of the molecule is CC1CCN(CC2=CCC(N)C2)C1C. The van der Waals surface area contributed by atoms with Crippen LogP contribution in [-0.2, 0) is 0 Å². The summed E-state index contributed by atoms with van der Waals surface area (Å²) in [5.74, 6) is 0.866. The predicted molar refractivity (Wildman–Crippen MR) is 60.1 cm³/mol. The molecule has 0 aromatic heterocycles. The van der Waals surface area contributed by atoms with Crippen LogP contribution < -0.4 is 5.73 Å². The Bertz CT molecular complexity index is 234. The highest BCUT2D eigenvalue weighted by Gasteiger charge is 2.28. The van der Waals surface area contributed by atoms with Gasteiger partial charge in [-0.05, 0) is 38.6 Å². The highest BCUT2D eigenvalue weighted by molar-refractivity contribution is 5.14. The summed E-state index contributed by atoms with van der Waals surface area (Å²) in [7, 11) is 0. The van der Waals surface area contributed by atoms with Crippen molar-refractivity contribution < 1.29 is 0 Å². The minimum Gasteiger partial charge on any atom is -0.327 e. The van der Waals surface area contributed by atoms with E-state index in [2.05, 4.69) is 24.8 Å². The number of rotatable bonds is 2. The number of likely N-dealkylation sites (tertiary alicyclic amines) is 1. The van der Waals surface area contributed by atoms with E-state index in [1.165, 1.54) is 19.5 Å². The van der Waals surface area contributed by atoms with Crippen molar-refractivity contribution in [2.75, 3.05) is 13.1 Å². The molecule has 1 aliphatic heterocycles. The van der Waals surface area contributed by atoms with Crippen molar-refractivity contribution in [3.63, 3.8) is 0 Å². The van der Waals surface area contributed by atoms with Crippen LogP contribution in [0.3, 0.4) is 0 Å². The van der Waals surface area contributed by atoms with Gasteiger partial charge >= 0.3 is 0 Å². The summed E-state index contributed by atoms with van der Waals surface area (Å²) in [4.78, 5) is 2.61. The quantitative estimate of drug-likeness (QED) is 0.679. The molecule has 1 fully saturated rings. The van der Waals surface area contributed by atoms with Gasteiger partial charge in [0.25, 0.3) is 0 Å². The summed E-state index contributed by atoms with van der Waals surface area (Å²) in [6.07, 6.45) is 5.92.